The molecule has 0 spiro atoms. The van der Waals surface area contributed by atoms with Gasteiger partial charge in [-0.05, 0) is 25.7 Å². The summed E-state index contributed by atoms with van der Waals surface area (Å²) in [5.74, 6) is -1.31. The van der Waals surface area contributed by atoms with Gasteiger partial charge in [0.1, 0.15) is 18.6 Å². The van der Waals surface area contributed by atoms with E-state index in [1.165, 1.54) is 0 Å². The minimum atomic E-state index is -4.54. The van der Waals surface area contributed by atoms with Crippen LogP contribution in [0.5, 0.6) is 0 Å². The first kappa shape index (κ1) is 18.2. The van der Waals surface area contributed by atoms with Gasteiger partial charge in [0.25, 0.3) is 5.91 Å². The van der Waals surface area contributed by atoms with Crippen molar-refractivity contribution in [3.05, 3.63) is 0 Å². The molecule has 4 amide bonds. The number of carbonyl (C=O) groups excluding carboxylic acids is 3. The van der Waals surface area contributed by atoms with Gasteiger partial charge in [-0.2, -0.15) is 13.2 Å². The molecule has 1 atom stereocenters. The molecule has 1 aliphatic rings. The zero-order chi connectivity index (χ0) is 17.1. The minimum absolute atomic E-state index is 0.325. The fraction of sp³-hybridized carbons (Fsp3) is 0.769. The summed E-state index contributed by atoms with van der Waals surface area (Å²) < 4.78 is 36.0. The van der Waals surface area contributed by atoms with Crippen LogP contribution in [0, 0.1) is 5.92 Å². The topological polar surface area (TPSA) is 78.5 Å². The van der Waals surface area contributed by atoms with Crippen molar-refractivity contribution in [3.63, 3.8) is 0 Å². The highest BCUT2D eigenvalue weighted by atomic mass is 19.4. The van der Waals surface area contributed by atoms with Gasteiger partial charge in [0, 0.05) is 0 Å². The number of urea groups is 1. The van der Waals surface area contributed by atoms with E-state index in [1.807, 2.05) is 13.8 Å². The number of rotatable bonds is 6. The molecule has 1 aliphatic heterocycles. The van der Waals surface area contributed by atoms with Gasteiger partial charge in [0.2, 0.25) is 5.91 Å². The SMILES string of the molecule is CC(C)CCC1(C)NC(=O)N(CC(=O)NCC(F)(F)F)C1=O. The molecule has 0 saturated carbocycles. The van der Waals surface area contributed by atoms with Crippen LogP contribution in [0.1, 0.15) is 33.6 Å². The molecule has 22 heavy (non-hydrogen) atoms. The number of alkyl halides is 3. The number of imide groups is 1. The number of amides is 4. The Bertz CT molecular complexity index is 465. The van der Waals surface area contributed by atoms with Gasteiger partial charge < -0.3 is 10.6 Å². The first-order valence-electron chi connectivity index (χ1n) is 6.92. The second-order valence-electron chi connectivity index (χ2n) is 5.98. The van der Waals surface area contributed by atoms with E-state index in [1.54, 1.807) is 12.2 Å². The molecule has 1 heterocycles. The Morgan fingerprint density at radius 3 is 2.45 bits per heavy atom. The maximum atomic E-state index is 12.2. The van der Waals surface area contributed by atoms with Crippen molar-refractivity contribution in [2.75, 3.05) is 13.1 Å². The van der Waals surface area contributed by atoms with Gasteiger partial charge >= 0.3 is 12.2 Å². The molecule has 0 aromatic heterocycles. The third-order valence-electron chi connectivity index (χ3n) is 3.35. The van der Waals surface area contributed by atoms with Crippen molar-refractivity contribution in [1.82, 2.24) is 15.5 Å². The van der Waals surface area contributed by atoms with Gasteiger partial charge in [0.05, 0.1) is 0 Å². The average Bonchev–Trinajstić information content (AvgIpc) is 2.58. The lowest BCUT2D eigenvalue weighted by Crippen LogP contribution is -2.46. The normalized spacial score (nSPS) is 22.2. The van der Waals surface area contributed by atoms with Crippen LogP contribution < -0.4 is 10.6 Å². The van der Waals surface area contributed by atoms with Crippen LogP contribution in [0.25, 0.3) is 0 Å². The second kappa shape index (κ2) is 6.53. The second-order valence-corrected chi connectivity index (χ2v) is 5.98. The summed E-state index contributed by atoms with van der Waals surface area (Å²) in [6.45, 7) is 3.25. The highest BCUT2D eigenvalue weighted by Crippen LogP contribution is 2.24. The summed E-state index contributed by atoms with van der Waals surface area (Å²) >= 11 is 0. The molecule has 1 saturated heterocycles. The van der Waals surface area contributed by atoms with Crippen LogP contribution in [0.3, 0.4) is 0 Å². The van der Waals surface area contributed by atoms with Crippen molar-refractivity contribution >= 4 is 17.8 Å². The van der Waals surface area contributed by atoms with E-state index in [4.69, 9.17) is 0 Å². The molecule has 126 valence electrons. The zero-order valence-corrected chi connectivity index (χ0v) is 12.7. The van der Waals surface area contributed by atoms with Crippen molar-refractivity contribution in [1.29, 1.82) is 0 Å². The lowest BCUT2D eigenvalue weighted by molar-refractivity contribution is -0.141. The quantitative estimate of drug-likeness (QED) is 0.726. The Labute approximate surface area is 126 Å². The highest BCUT2D eigenvalue weighted by Gasteiger charge is 2.47. The van der Waals surface area contributed by atoms with Crippen molar-refractivity contribution in [3.8, 4) is 0 Å². The van der Waals surface area contributed by atoms with Crippen molar-refractivity contribution < 1.29 is 27.6 Å². The average molecular weight is 323 g/mol. The molecule has 6 nitrogen and oxygen atoms in total. The molecular formula is C13H20F3N3O3. The van der Waals surface area contributed by atoms with Crippen LogP contribution in [0.4, 0.5) is 18.0 Å². The maximum Gasteiger partial charge on any atom is 0.405 e. The fourth-order valence-corrected chi connectivity index (χ4v) is 2.04. The molecule has 1 rings (SSSR count). The van der Waals surface area contributed by atoms with Crippen LogP contribution in [0.15, 0.2) is 0 Å². The third kappa shape index (κ3) is 4.88. The van der Waals surface area contributed by atoms with Gasteiger partial charge in [-0.25, -0.2) is 4.79 Å². The first-order valence-corrected chi connectivity index (χ1v) is 6.92. The Balaban J connectivity index is 2.63. The van der Waals surface area contributed by atoms with Crippen molar-refractivity contribution in [2.24, 2.45) is 5.92 Å². The summed E-state index contributed by atoms with van der Waals surface area (Å²) in [6, 6.07) is -0.765. The third-order valence-corrected chi connectivity index (χ3v) is 3.35. The molecule has 0 aromatic carbocycles. The molecule has 9 heteroatoms. The number of carbonyl (C=O) groups is 3. The van der Waals surface area contributed by atoms with E-state index in [0.717, 1.165) is 0 Å². The van der Waals surface area contributed by atoms with Crippen molar-refractivity contribution in [2.45, 2.75) is 45.3 Å². The van der Waals surface area contributed by atoms with E-state index in [9.17, 15) is 27.6 Å². The van der Waals surface area contributed by atoms with Crippen LogP contribution in [0.2, 0.25) is 0 Å². The molecule has 1 unspecified atom stereocenters. The Kier molecular flexibility index (Phi) is 5.42. The van der Waals surface area contributed by atoms with Gasteiger partial charge in [-0.1, -0.05) is 13.8 Å². The summed E-state index contributed by atoms with van der Waals surface area (Å²) in [5, 5.41) is 4.13. The maximum absolute atomic E-state index is 12.2. The van der Waals surface area contributed by atoms with Crippen LogP contribution >= 0.6 is 0 Å². The van der Waals surface area contributed by atoms with Gasteiger partial charge in [-0.3, -0.25) is 14.5 Å². The number of nitrogens with zero attached hydrogens (tertiary/aromatic N) is 1. The summed E-state index contributed by atoms with van der Waals surface area (Å²) in [5.41, 5.74) is -1.12. The molecule has 2 N–H and O–H groups in total. The molecular weight excluding hydrogens is 303 g/mol. The predicted molar refractivity (Wildman–Crippen MR) is 71.8 cm³/mol. The van der Waals surface area contributed by atoms with E-state index in [2.05, 4.69) is 5.32 Å². The lowest BCUT2D eigenvalue weighted by Gasteiger charge is -2.22. The summed E-state index contributed by atoms with van der Waals surface area (Å²) in [4.78, 5) is 36.1. The number of halogens is 3. The molecule has 0 aromatic rings. The summed E-state index contributed by atoms with van der Waals surface area (Å²) in [6.07, 6.45) is -3.45. The van der Waals surface area contributed by atoms with E-state index >= 15 is 0 Å². The lowest BCUT2D eigenvalue weighted by atomic mass is 9.92. The first-order chi connectivity index (χ1) is 9.94. The monoisotopic (exact) mass is 323 g/mol. The minimum Gasteiger partial charge on any atom is -0.345 e. The molecule has 0 bridgehead atoms. The summed E-state index contributed by atoms with van der Waals surface area (Å²) in [7, 11) is 0. The molecule has 0 radical (unpaired) electrons. The largest absolute Gasteiger partial charge is 0.405 e. The number of nitrogens with one attached hydrogen (secondary N) is 2. The Morgan fingerprint density at radius 1 is 1.36 bits per heavy atom. The van der Waals surface area contributed by atoms with E-state index in [-0.39, 0.29) is 0 Å². The van der Waals surface area contributed by atoms with Crippen LogP contribution in [-0.4, -0.2) is 47.6 Å². The van der Waals surface area contributed by atoms with E-state index in [0.29, 0.717) is 23.7 Å². The number of hydrogen-bond acceptors (Lipinski definition) is 3. The number of hydrogen-bond donors (Lipinski definition) is 2. The zero-order valence-electron chi connectivity index (χ0n) is 12.7. The fourth-order valence-electron chi connectivity index (χ4n) is 2.04. The van der Waals surface area contributed by atoms with E-state index < -0.39 is 42.7 Å². The molecule has 0 aliphatic carbocycles. The Hall–Kier alpha value is -1.80. The van der Waals surface area contributed by atoms with Gasteiger partial charge in [0.15, 0.2) is 0 Å². The van der Waals surface area contributed by atoms with Crippen LogP contribution in [-0.2, 0) is 9.59 Å². The molecule has 1 fully saturated rings. The predicted octanol–water partition coefficient (Wildman–Crippen LogP) is 1.41. The van der Waals surface area contributed by atoms with Gasteiger partial charge in [-0.15, -0.1) is 0 Å². The highest BCUT2D eigenvalue weighted by molar-refractivity contribution is 6.08. The standard InChI is InChI=1S/C13H20F3N3O3/c1-8(2)4-5-12(3)10(21)19(11(22)18-12)6-9(20)17-7-13(14,15)16/h8H,4-7H2,1-3H3,(H,17,20)(H,18,22). The smallest absolute Gasteiger partial charge is 0.345 e. The Morgan fingerprint density at radius 2 is 1.95 bits per heavy atom.